The van der Waals surface area contributed by atoms with Crippen molar-refractivity contribution in [3.8, 4) is 5.75 Å². The number of amides is 1. The lowest BCUT2D eigenvalue weighted by Gasteiger charge is -2.24. The highest BCUT2D eigenvalue weighted by Gasteiger charge is 2.32. The summed E-state index contributed by atoms with van der Waals surface area (Å²) in [6.45, 7) is 3.82. The average molecular weight is 435 g/mol. The molecule has 9 heteroatoms. The third kappa shape index (κ3) is 3.15. The van der Waals surface area contributed by atoms with Crippen LogP contribution >= 0.6 is 7.14 Å². The number of fused-ring (bicyclic) bond motifs is 4. The minimum absolute atomic E-state index is 0.130. The van der Waals surface area contributed by atoms with Crippen molar-refractivity contribution in [2.24, 2.45) is 0 Å². The predicted molar refractivity (Wildman–Crippen MR) is 121 cm³/mol. The number of nitrogen functional groups attached to an aromatic ring is 1. The summed E-state index contributed by atoms with van der Waals surface area (Å²) in [5.41, 5.74) is 9.60. The molecule has 0 saturated heterocycles. The summed E-state index contributed by atoms with van der Waals surface area (Å²) >= 11 is 0. The Labute approximate surface area is 179 Å². The highest BCUT2D eigenvalue weighted by Crippen LogP contribution is 2.41. The van der Waals surface area contributed by atoms with Gasteiger partial charge in [-0.15, -0.1) is 0 Å². The highest BCUT2D eigenvalue weighted by molar-refractivity contribution is 7.70. The van der Waals surface area contributed by atoms with Gasteiger partial charge < -0.3 is 19.9 Å². The summed E-state index contributed by atoms with van der Waals surface area (Å²) in [5, 5.41) is 0.770. The number of ether oxygens (including phenoxy) is 1. The van der Waals surface area contributed by atoms with E-state index in [1.54, 1.807) is 56.0 Å². The van der Waals surface area contributed by atoms with E-state index in [0.29, 0.717) is 34.8 Å². The Kier molecular flexibility index (Phi) is 4.31. The molecule has 0 unspecified atom stereocenters. The predicted octanol–water partition coefficient (Wildman–Crippen LogP) is 2.92. The number of carbonyl (C=O) groups is 1. The van der Waals surface area contributed by atoms with Crippen LogP contribution in [0.15, 0.2) is 48.9 Å². The van der Waals surface area contributed by atoms with Crippen molar-refractivity contribution in [2.45, 2.75) is 6.04 Å². The van der Waals surface area contributed by atoms with Crippen LogP contribution in [0.5, 0.6) is 5.75 Å². The van der Waals surface area contributed by atoms with Crippen LogP contribution in [0.4, 0.5) is 5.82 Å². The van der Waals surface area contributed by atoms with Gasteiger partial charge in [0, 0.05) is 23.5 Å². The normalized spacial score (nSPS) is 15.8. The summed E-state index contributed by atoms with van der Waals surface area (Å²) in [5.74, 6) is 0.947. The molecule has 5 rings (SSSR count). The molecule has 8 nitrogen and oxygen atoms in total. The molecule has 0 spiro atoms. The number of carbonyl (C=O) groups excluding carboxylic acids is 1. The molecule has 3 heterocycles. The molecule has 0 radical (unpaired) electrons. The number of imidazole rings is 1. The van der Waals surface area contributed by atoms with Crippen molar-refractivity contribution in [1.29, 1.82) is 0 Å². The fraction of sp³-hybridized carbons (Fsp3) is 0.227. The van der Waals surface area contributed by atoms with Crippen LogP contribution in [0.25, 0.3) is 16.6 Å². The van der Waals surface area contributed by atoms with Crippen LogP contribution in [0.1, 0.15) is 22.0 Å². The fourth-order valence-corrected chi connectivity index (χ4v) is 4.85. The van der Waals surface area contributed by atoms with Crippen molar-refractivity contribution >= 4 is 40.7 Å². The molecule has 1 amide bonds. The number of nitrogens with two attached hydrogens (primary N) is 1. The van der Waals surface area contributed by atoms with E-state index in [0.717, 1.165) is 16.4 Å². The molecule has 1 atom stereocenters. The number of benzene rings is 2. The lowest BCUT2D eigenvalue weighted by molar-refractivity contribution is 0.0708. The van der Waals surface area contributed by atoms with Crippen LogP contribution in [0.2, 0.25) is 0 Å². The smallest absolute Gasteiger partial charge is 0.254 e. The third-order valence-corrected chi connectivity index (χ3v) is 7.31. The molecule has 4 aromatic rings. The van der Waals surface area contributed by atoms with Gasteiger partial charge in [0.2, 0.25) is 0 Å². The minimum atomic E-state index is -2.39. The molecule has 31 heavy (non-hydrogen) atoms. The van der Waals surface area contributed by atoms with Crippen molar-refractivity contribution < 1.29 is 14.1 Å². The molecule has 2 aromatic carbocycles. The van der Waals surface area contributed by atoms with E-state index < -0.39 is 7.14 Å². The number of hydrogen-bond acceptors (Lipinski definition) is 6. The molecule has 0 aliphatic carbocycles. The average Bonchev–Trinajstić information content (AvgIpc) is 3.39. The molecular weight excluding hydrogens is 413 g/mol. The van der Waals surface area contributed by atoms with Crippen molar-refractivity contribution in [3.05, 3.63) is 60.0 Å². The van der Waals surface area contributed by atoms with E-state index in [1.807, 2.05) is 22.6 Å². The Balaban J connectivity index is 1.49. The first kappa shape index (κ1) is 19.6. The van der Waals surface area contributed by atoms with Crippen molar-refractivity contribution in [1.82, 2.24) is 19.3 Å². The largest absolute Gasteiger partial charge is 0.491 e. The second-order valence-electron chi connectivity index (χ2n) is 8.17. The van der Waals surface area contributed by atoms with Gasteiger partial charge in [-0.25, -0.2) is 9.97 Å². The van der Waals surface area contributed by atoms with Gasteiger partial charge >= 0.3 is 0 Å². The molecule has 1 aliphatic rings. The zero-order chi connectivity index (χ0) is 21.9. The summed E-state index contributed by atoms with van der Waals surface area (Å²) in [7, 11) is -0.619. The Bertz CT molecular complexity index is 1410. The van der Waals surface area contributed by atoms with Gasteiger partial charge in [-0.1, -0.05) is 12.1 Å². The van der Waals surface area contributed by atoms with Gasteiger partial charge in [0.15, 0.2) is 0 Å². The van der Waals surface area contributed by atoms with Crippen molar-refractivity contribution in [2.75, 3.05) is 32.7 Å². The maximum atomic E-state index is 13.3. The number of anilines is 1. The maximum absolute atomic E-state index is 13.3. The molecular formula is C22H22N5O3P. The van der Waals surface area contributed by atoms with Crippen LogP contribution < -0.4 is 15.8 Å². The van der Waals surface area contributed by atoms with Gasteiger partial charge in [-0.3, -0.25) is 9.20 Å². The Morgan fingerprint density at radius 3 is 2.81 bits per heavy atom. The minimum Gasteiger partial charge on any atom is -0.491 e. The Hall–Kier alpha value is -3.38. The van der Waals surface area contributed by atoms with Gasteiger partial charge in [0.05, 0.1) is 29.6 Å². The number of hydrogen-bond donors (Lipinski definition) is 1. The summed E-state index contributed by atoms with van der Waals surface area (Å²) in [6.07, 6.45) is 3.31. The molecule has 0 bridgehead atoms. The SMILES string of the molecule is CN(C(=O)c1ccc2nc(N)c3cncn3c2c1)[C@@H]1COc2cc(P(C)(C)=O)ccc21. The first-order chi connectivity index (χ1) is 14.7. The summed E-state index contributed by atoms with van der Waals surface area (Å²) in [6, 6.07) is 10.7. The monoisotopic (exact) mass is 435 g/mol. The van der Waals surface area contributed by atoms with Crippen LogP contribution in [0, 0.1) is 0 Å². The topological polar surface area (TPSA) is 103 Å². The Morgan fingerprint density at radius 1 is 1.23 bits per heavy atom. The number of rotatable bonds is 3. The highest BCUT2D eigenvalue weighted by atomic mass is 31.2. The number of likely N-dealkylation sites (N-methyl/N-ethyl adjacent to an activating group) is 1. The Morgan fingerprint density at radius 2 is 2.03 bits per heavy atom. The second kappa shape index (κ2) is 6.82. The van der Waals surface area contributed by atoms with E-state index in [4.69, 9.17) is 10.5 Å². The van der Waals surface area contributed by atoms with Gasteiger partial charge in [0.25, 0.3) is 5.91 Å². The van der Waals surface area contributed by atoms with Crippen LogP contribution in [-0.2, 0) is 4.57 Å². The van der Waals surface area contributed by atoms with E-state index >= 15 is 0 Å². The lowest BCUT2D eigenvalue weighted by Crippen LogP contribution is -2.32. The van der Waals surface area contributed by atoms with Gasteiger partial charge in [-0.05, 0) is 37.6 Å². The maximum Gasteiger partial charge on any atom is 0.254 e. The second-order valence-corrected chi connectivity index (χ2v) is 11.4. The van der Waals surface area contributed by atoms with Crippen molar-refractivity contribution in [3.63, 3.8) is 0 Å². The first-order valence-electron chi connectivity index (χ1n) is 9.85. The van der Waals surface area contributed by atoms with Crippen LogP contribution in [-0.4, -0.2) is 52.2 Å². The lowest BCUT2D eigenvalue weighted by atomic mass is 10.1. The molecule has 0 fully saturated rings. The zero-order valence-electron chi connectivity index (χ0n) is 17.4. The quantitative estimate of drug-likeness (QED) is 0.497. The number of nitrogens with zero attached hydrogens (tertiary/aromatic N) is 4. The molecule has 2 aromatic heterocycles. The molecule has 1 aliphatic heterocycles. The third-order valence-electron chi connectivity index (χ3n) is 5.79. The summed E-state index contributed by atoms with van der Waals surface area (Å²) in [4.78, 5) is 23.5. The fourth-order valence-electron chi connectivity index (χ4n) is 3.99. The van der Waals surface area contributed by atoms with Gasteiger partial charge in [0.1, 0.15) is 30.8 Å². The van der Waals surface area contributed by atoms with Crippen LogP contribution in [0.3, 0.4) is 0 Å². The first-order valence-corrected chi connectivity index (χ1v) is 12.4. The molecule has 158 valence electrons. The van der Waals surface area contributed by atoms with E-state index in [-0.39, 0.29) is 11.9 Å². The zero-order valence-corrected chi connectivity index (χ0v) is 18.3. The van der Waals surface area contributed by atoms with Gasteiger partial charge in [-0.2, -0.15) is 0 Å². The number of aromatic nitrogens is 3. The molecule has 2 N–H and O–H groups in total. The standard InChI is InChI=1S/C22H22N5O3P/c1-26(19-11-30-20-9-14(31(2,3)29)5-6-15(19)20)22(28)13-4-7-16-17(8-13)27-12-24-10-18(27)21(23)25-16/h4-10,12,19H,11H2,1-3H3,(H2,23,25)/t19-/m1/s1. The van der Waals surface area contributed by atoms with E-state index in [1.165, 1.54) is 0 Å². The summed E-state index contributed by atoms with van der Waals surface area (Å²) < 4.78 is 20.1. The van der Waals surface area contributed by atoms with E-state index in [9.17, 15) is 9.36 Å². The van der Waals surface area contributed by atoms with E-state index in [2.05, 4.69) is 9.97 Å². The molecule has 0 saturated carbocycles.